The lowest BCUT2D eigenvalue weighted by atomic mass is 10.1. The zero-order valence-electron chi connectivity index (χ0n) is 12.7. The first-order valence-corrected chi connectivity index (χ1v) is 7.37. The minimum atomic E-state index is 0.0990. The lowest BCUT2D eigenvalue weighted by Crippen LogP contribution is -1.98. The Morgan fingerprint density at radius 1 is 1.13 bits per heavy atom. The number of hydrogen-bond acceptors (Lipinski definition) is 4. The maximum atomic E-state index is 10.00. The summed E-state index contributed by atoms with van der Waals surface area (Å²) in [4.78, 5) is 4.43. The van der Waals surface area contributed by atoms with E-state index in [0.717, 1.165) is 17.1 Å². The molecule has 5 heteroatoms. The van der Waals surface area contributed by atoms with E-state index in [1.807, 2.05) is 16.8 Å². The van der Waals surface area contributed by atoms with Crippen molar-refractivity contribution in [3.8, 4) is 28.6 Å². The molecule has 1 aliphatic rings. The van der Waals surface area contributed by atoms with Crippen LogP contribution >= 0.6 is 0 Å². The number of ether oxygens (including phenoxy) is 2. The fraction of sp³-hybridized carbons (Fsp3) is 0.167. The van der Waals surface area contributed by atoms with Crippen molar-refractivity contribution in [2.75, 3.05) is 7.11 Å². The standard InChI is InChI=1S/C18H16N2O3/c1-22-17-5-3-12(9-16(17)21)18-19-6-7-20(18)15-4-2-13-10-23-11-14(13)8-15/h2-9,21H,10-11H2,1H3. The second-order valence-corrected chi connectivity index (χ2v) is 5.45. The number of phenolic OH excluding ortho intramolecular Hbond substituents is 1. The number of hydrogen-bond donors (Lipinski definition) is 1. The van der Waals surface area contributed by atoms with E-state index in [0.29, 0.717) is 19.0 Å². The van der Waals surface area contributed by atoms with Crippen LogP contribution in [0.1, 0.15) is 11.1 Å². The van der Waals surface area contributed by atoms with Crippen LogP contribution in [0.2, 0.25) is 0 Å². The van der Waals surface area contributed by atoms with Crippen molar-refractivity contribution < 1.29 is 14.6 Å². The third-order valence-electron chi connectivity index (χ3n) is 4.06. The smallest absolute Gasteiger partial charge is 0.160 e. The Hall–Kier alpha value is -2.79. The normalized spacial score (nSPS) is 13.1. The van der Waals surface area contributed by atoms with Crippen molar-refractivity contribution >= 4 is 0 Å². The zero-order chi connectivity index (χ0) is 15.8. The summed E-state index contributed by atoms with van der Waals surface area (Å²) >= 11 is 0. The van der Waals surface area contributed by atoms with Gasteiger partial charge in [-0.1, -0.05) is 6.07 Å². The van der Waals surface area contributed by atoms with Crippen LogP contribution in [0.25, 0.3) is 17.1 Å². The van der Waals surface area contributed by atoms with Crippen molar-refractivity contribution in [2.45, 2.75) is 13.2 Å². The minimum Gasteiger partial charge on any atom is -0.504 e. The van der Waals surface area contributed by atoms with Crippen molar-refractivity contribution in [2.24, 2.45) is 0 Å². The predicted molar refractivity (Wildman–Crippen MR) is 85.7 cm³/mol. The van der Waals surface area contributed by atoms with E-state index in [2.05, 4.69) is 23.2 Å². The quantitative estimate of drug-likeness (QED) is 0.806. The molecule has 0 unspecified atom stereocenters. The lowest BCUT2D eigenvalue weighted by Gasteiger charge is -2.11. The average Bonchev–Trinajstić information content (AvgIpc) is 3.23. The first-order chi connectivity index (χ1) is 11.3. The largest absolute Gasteiger partial charge is 0.504 e. The number of aromatic hydroxyl groups is 1. The molecule has 4 rings (SSSR count). The Bertz CT molecular complexity index is 870. The van der Waals surface area contributed by atoms with Gasteiger partial charge in [0.25, 0.3) is 0 Å². The van der Waals surface area contributed by atoms with Gasteiger partial charge in [-0.15, -0.1) is 0 Å². The molecule has 3 aromatic rings. The van der Waals surface area contributed by atoms with Crippen LogP contribution in [0.5, 0.6) is 11.5 Å². The van der Waals surface area contributed by atoms with E-state index in [4.69, 9.17) is 9.47 Å². The van der Waals surface area contributed by atoms with Crippen LogP contribution in [-0.4, -0.2) is 21.8 Å². The summed E-state index contributed by atoms with van der Waals surface area (Å²) in [6.45, 7) is 1.33. The summed E-state index contributed by atoms with van der Waals surface area (Å²) in [6, 6.07) is 11.5. The Kier molecular flexibility index (Phi) is 3.28. The van der Waals surface area contributed by atoms with Crippen LogP contribution in [0, 0.1) is 0 Å². The Labute approximate surface area is 133 Å². The van der Waals surface area contributed by atoms with Crippen LogP contribution in [0.15, 0.2) is 48.8 Å². The summed E-state index contributed by atoms with van der Waals surface area (Å²) in [7, 11) is 1.53. The highest BCUT2D eigenvalue weighted by atomic mass is 16.5. The highest BCUT2D eigenvalue weighted by molar-refractivity contribution is 5.63. The van der Waals surface area contributed by atoms with Gasteiger partial charge in [-0.05, 0) is 41.5 Å². The molecule has 1 aromatic heterocycles. The van der Waals surface area contributed by atoms with Gasteiger partial charge in [0.05, 0.1) is 20.3 Å². The Morgan fingerprint density at radius 2 is 2.00 bits per heavy atom. The average molecular weight is 308 g/mol. The molecule has 5 nitrogen and oxygen atoms in total. The van der Waals surface area contributed by atoms with Gasteiger partial charge in [0.15, 0.2) is 11.5 Å². The maximum Gasteiger partial charge on any atom is 0.160 e. The lowest BCUT2D eigenvalue weighted by molar-refractivity contribution is 0.134. The zero-order valence-corrected chi connectivity index (χ0v) is 12.7. The van der Waals surface area contributed by atoms with Crippen molar-refractivity contribution in [1.82, 2.24) is 9.55 Å². The van der Waals surface area contributed by atoms with Gasteiger partial charge >= 0.3 is 0 Å². The van der Waals surface area contributed by atoms with Crippen molar-refractivity contribution in [3.05, 3.63) is 59.9 Å². The Balaban J connectivity index is 1.78. The summed E-state index contributed by atoms with van der Waals surface area (Å²) in [6.07, 6.45) is 3.66. The van der Waals surface area contributed by atoms with E-state index in [1.165, 1.54) is 18.2 Å². The summed E-state index contributed by atoms with van der Waals surface area (Å²) in [5, 5.41) is 10.00. The molecule has 0 aliphatic carbocycles. The van der Waals surface area contributed by atoms with Crippen LogP contribution in [0.4, 0.5) is 0 Å². The van der Waals surface area contributed by atoms with Gasteiger partial charge < -0.3 is 14.6 Å². The maximum absolute atomic E-state index is 10.00. The molecule has 2 aromatic carbocycles. The van der Waals surface area contributed by atoms with Gasteiger partial charge in [-0.25, -0.2) is 4.98 Å². The fourth-order valence-electron chi connectivity index (χ4n) is 2.86. The highest BCUT2D eigenvalue weighted by Gasteiger charge is 2.14. The van der Waals surface area contributed by atoms with E-state index in [-0.39, 0.29) is 5.75 Å². The predicted octanol–water partition coefficient (Wildman–Crippen LogP) is 3.28. The van der Waals surface area contributed by atoms with Crippen molar-refractivity contribution in [1.29, 1.82) is 0 Å². The second-order valence-electron chi connectivity index (χ2n) is 5.45. The highest BCUT2D eigenvalue weighted by Crippen LogP contribution is 2.32. The van der Waals surface area contributed by atoms with Gasteiger partial charge in [0, 0.05) is 23.6 Å². The molecule has 1 N–H and O–H groups in total. The molecule has 0 amide bonds. The molecule has 0 bridgehead atoms. The molecule has 0 radical (unpaired) electrons. The van der Waals surface area contributed by atoms with E-state index in [1.54, 1.807) is 18.3 Å². The molecule has 116 valence electrons. The first kappa shape index (κ1) is 13.8. The third-order valence-corrected chi connectivity index (χ3v) is 4.06. The molecule has 0 saturated heterocycles. The topological polar surface area (TPSA) is 56.5 Å². The summed E-state index contributed by atoms with van der Waals surface area (Å²) in [5.41, 5.74) is 4.29. The molecule has 2 heterocycles. The van der Waals surface area contributed by atoms with Gasteiger partial charge in [-0.3, -0.25) is 4.57 Å². The first-order valence-electron chi connectivity index (χ1n) is 7.37. The SMILES string of the molecule is COc1ccc(-c2nccn2-c2ccc3c(c2)COC3)cc1O. The number of rotatable bonds is 3. The molecule has 0 fully saturated rings. The minimum absolute atomic E-state index is 0.0990. The molecular weight excluding hydrogens is 292 g/mol. The van der Waals surface area contributed by atoms with Crippen LogP contribution in [0.3, 0.4) is 0 Å². The number of benzene rings is 2. The summed E-state index contributed by atoms with van der Waals surface area (Å²) < 4.78 is 12.6. The van der Waals surface area contributed by atoms with Gasteiger partial charge in [0.2, 0.25) is 0 Å². The molecule has 0 spiro atoms. The molecular formula is C18H16N2O3. The van der Waals surface area contributed by atoms with Crippen LogP contribution < -0.4 is 4.74 Å². The number of imidazole rings is 1. The summed E-state index contributed by atoms with van der Waals surface area (Å²) in [5.74, 6) is 1.31. The Morgan fingerprint density at radius 3 is 2.83 bits per heavy atom. The number of phenols is 1. The monoisotopic (exact) mass is 308 g/mol. The second kappa shape index (κ2) is 5.44. The number of nitrogens with zero attached hydrogens (tertiary/aromatic N) is 2. The van der Waals surface area contributed by atoms with Gasteiger partial charge in [0.1, 0.15) is 5.82 Å². The molecule has 1 aliphatic heterocycles. The van der Waals surface area contributed by atoms with E-state index < -0.39 is 0 Å². The molecule has 0 atom stereocenters. The van der Waals surface area contributed by atoms with Crippen LogP contribution in [-0.2, 0) is 18.0 Å². The fourth-order valence-corrected chi connectivity index (χ4v) is 2.86. The van der Waals surface area contributed by atoms with Crippen molar-refractivity contribution in [3.63, 3.8) is 0 Å². The number of fused-ring (bicyclic) bond motifs is 1. The number of aromatic nitrogens is 2. The molecule has 0 saturated carbocycles. The third kappa shape index (κ3) is 2.35. The van der Waals surface area contributed by atoms with E-state index >= 15 is 0 Å². The van der Waals surface area contributed by atoms with Gasteiger partial charge in [-0.2, -0.15) is 0 Å². The van der Waals surface area contributed by atoms with E-state index in [9.17, 15) is 5.11 Å². The molecule has 23 heavy (non-hydrogen) atoms. The number of methoxy groups -OCH3 is 1.